The van der Waals surface area contributed by atoms with Gasteiger partial charge in [0.25, 0.3) is 0 Å². The van der Waals surface area contributed by atoms with Gasteiger partial charge in [-0.05, 0) is 48.0 Å². The molecule has 138 valence electrons. The quantitative estimate of drug-likeness (QED) is 0.357. The second-order valence-corrected chi connectivity index (χ2v) is 6.96. The fourth-order valence-electron chi connectivity index (χ4n) is 2.37. The van der Waals surface area contributed by atoms with E-state index in [9.17, 15) is 0 Å². The molecule has 0 saturated carbocycles. The van der Waals surface area contributed by atoms with Crippen LogP contribution in [0, 0.1) is 0 Å². The first-order valence-electron chi connectivity index (χ1n) is 8.28. The fourth-order valence-corrected chi connectivity index (χ4v) is 3.09. The van der Waals surface area contributed by atoms with Crippen molar-refractivity contribution in [3.63, 3.8) is 0 Å². The van der Waals surface area contributed by atoms with Gasteiger partial charge in [0.2, 0.25) is 0 Å². The maximum Gasteiger partial charge on any atom is 0.119 e. The molecule has 6 heteroatoms. The molecule has 27 heavy (non-hydrogen) atoms. The summed E-state index contributed by atoms with van der Waals surface area (Å²) in [7, 11) is 0. The van der Waals surface area contributed by atoms with Crippen LogP contribution in [0.2, 0.25) is 15.1 Å². The summed E-state index contributed by atoms with van der Waals surface area (Å²) in [4.78, 5) is 0. The number of ether oxygens (including phenoxy) is 1. The van der Waals surface area contributed by atoms with Gasteiger partial charge in [0.15, 0.2) is 0 Å². The zero-order valence-corrected chi connectivity index (χ0v) is 16.6. The topological polar surface area (TPSA) is 33.6 Å². The van der Waals surface area contributed by atoms with Gasteiger partial charge in [-0.15, -0.1) is 0 Å². The largest absolute Gasteiger partial charge is 0.489 e. The molecule has 3 nitrogen and oxygen atoms in total. The van der Waals surface area contributed by atoms with E-state index in [1.807, 2.05) is 54.6 Å². The van der Waals surface area contributed by atoms with Gasteiger partial charge < -0.3 is 10.2 Å². The maximum atomic E-state index is 6.13. The van der Waals surface area contributed by atoms with Crippen LogP contribution >= 0.6 is 34.8 Å². The van der Waals surface area contributed by atoms with Crippen LogP contribution in [-0.2, 0) is 13.2 Å². The van der Waals surface area contributed by atoms with Crippen LogP contribution in [0.4, 0.5) is 0 Å². The summed E-state index contributed by atoms with van der Waals surface area (Å²) in [6.45, 7) is 0.876. The second kappa shape index (κ2) is 9.65. The molecule has 0 spiro atoms. The zero-order valence-electron chi connectivity index (χ0n) is 14.3. The van der Waals surface area contributed by atoms with E-state index >= 15 is 0 Å². The van der Waals surface area contributed by atoms with Gasteiger partial charge in [-0.1, -0.05) is 59.1 Å². The summed E-state index contributed by atoms with van der Waals surface area (Å²) < 4.78 is 5.76. The lowest BCUT2D eigenvalue weighted by Crippen LogP contribution is -2.06. The van der Waals surface area contributed by atoms with Crippen LogP contribution < -0.4 is 10.2 Å². The van der Waals surface area contributed by atoms with Gasteiger partial charge in [0, 0.05) is 26.2 Å². The highest BCUT2D eigenvalue weighted by Crippen LogP contribution is 2.24. The first-order chi connectivity index (χ1) is 13.1. The molecule has 0 amide bonds. The number of benzene rings is 3. The number of halogens is 3. The van der Waals surface area contributed by atoms with E-state index in [0.717, 1.165) is 22.4 Å². The SMILES string of the molecule is Clc1ccccc1COc1ccc(/C=N\NCc2c(Cl)cccc2Cl)cc1. The van der Waals surface area contributed by atoms with Crippen molar-refractivity contribution in [3.8, 4) is 5.75 Å². The van der Waals surface area contributed by atoms with Crippen LogP contribution in [0.3, 0.4) is 0 Å². The fraction of sp³-hybridized carbons (Fsp3) is 0.0952. The van der Waals surface area contributed by atoms with Crippen molar-refractivity contribution in [1.29, 1.82) is 0 Å². The minimum Gasteiger partial charge on any atom is -0.489 e. The van der Waals surface area contributed by atoms with E-state index in [2.05, 4.69) is 10.5 Å². The molecule has 0 aliphatic heterocycles. The molecular weight excluding hydrogens is 403 g/mol. The van der Waals surface area contributed by atoms with Crippen LogP contribution in [0.25, 0.3) is 0 Å². The molecule has 0 unspecified atom stereocenters. The average molecular weight is 420 g/mol. The summed E-state index contributed by atoms with van der Waals surface area (Å²) in [6.07, 6.45) is 1.72. The minimum absolute atomic E-state index is 0.424. The van der Waals surface area contributed by atoms with Crippen molar-refractivity contribution in [3.05, 3.63) is 98.5 Å². The Morgan fingerprint density at radius 2 is 1.48 bits per heavy atom. The highest BCUT2D eigenvalue weighted by atomic mass is 35.5. The van der Waals surface area contributed by atoms with Gasteiger partial charge in [-0.3, -0.25) is 0 Å². The summed E-state index contributed by atoms with van der Waals surface area (Å²) in [5.74, 6) is 0.767. The maximum absolute atomic E-state index is 6.13. The molecule has 0 atom stereocenters. The average Bonchev–Trinajstić information content (AvgIpc) is 2.67. The third-order valence-corrected chi connectivity index (χ3v) is 4.93. The van der Waals surface area contributed by atoms with E-state index in [-0.39, 0.29) is 0 Å². The van der Waals surface area contributed by atoms with Crippen molar-refractivity contribution in [2.75, 3.05) is 0 Å². The Balaban J connectivity index is 1.51. The van der Waals surface area contributed by atoms with Gasteiger partial charge >= 0.3 is 0 Å². The van der Waals surface area contributed by atoms with Gasteiger partial charge in [-0.25, -0.2) is 0 Å². The number of hydrogen-bond acceptors (Lipinski definition) is 3. The lowest BCUT2D eigenvalue weighted by Gasteiger charge is -2.08. The number of hydrazone groups is 1. The van der Waals surface area contributed by atoms with Crippen molar-refractivity contribution in [1.82, 2.24) is 5.43 Å². The Hall–Kier alpha value is -2.20. The Bertz CT molecular complexity index is 907. The van der Waals surface area contributed by atoms with E-state index in [4.69, 9.17) is 39.5 Å². The molecule has 0 heterocycles. The summed E-state index contributed by atoms with van der Waals surface area (Å²) in [5, 5.41) is 6.14. The number of rotatable bonds is 7. The molecule has 0 saturated heterocycles. The molecule has 0 bridgehead atoms. The van der Waals surface area contributed by atoms with Crippen molar-refractivity contribution < 1.29 is 4.74 Å². The predicted molar refractivity (Wildman–Crippen MR) is 113 cm³/mol. The van der Waals surface area contributed by atoms with Crippen LogP contribution in [0.1, 0.15) is 16.7 Å². The summed E-state index contributed by atoms with van der Waals surface area (Å²) >= 11 is 18.4. The van der Waals surface area contributed by atoms with E-state index in [1.165, 1.54) is 0 Å². The molecule has 3 aromatic rings. The first-order valence-corrected chi connectivity index (χ1v) is 9.42. The molecular formula is C21H17Cl3N2O. The van der Waals surface area contributed by atoms with Crippen molar-refractivity contribution in [2.24, 2.45) is 5.10 Å². The third-order valence-electron chi connectivity index (χ3n) is 3.85. The molecule has 0 radical (unpaired) electrons. The summed E-state index contributed by atoms with van der Waals surface area (Å²) in [6, 6.07) is 20.7. The monoisotopic (exact) mass is 418 g/mol. The lowest BCUT2D eigenvalue weighted by molar-refractivity contribution is 0.306. The number of hydrogen-bond donors (Lipinski definition) is 1. The number of nitrogens with zero attached hydrogens (tertiary/aromatic N) is 1. The standard InChI is InChI=1S/C21H17Cl3N2O/c22-19-5-2-1-4-16(19)14-27-17-10-8-15(9-11-17)12-25-26-13-18-20(23)6-3-7-21(18)24/h1-12,26H,13-14H2/b25-12-. The second-order valence-electron chi connectivity index (χ2n) is 5.74. The summed E-state index contributed by atoms with van der Waals surface area (Å²) in [5.41, 5.74) is 5.67. The van der Waals surface area contributed by atoms with Gasteiger partial charge in [-0.2, -0.15) is 5.10 Å². The number of nitrogens with one attached hydrogen (secondary N) is 1. The van der Waals surface area contributed by atoms with Gasteiger partial charge in [0.1, 0.15) is 12.4 Å². The smallest absolute Gasteiger partial charge is 0.119 e. The van der Waals surface area contributed by atoms with Crippen LogP contribution in [-0.4, -0.2) is 6.21 Å². The van der Waals surface area contributed by atoms with Crippen molar-refractivity contribution >= 4 is 41.0 Å². The van der Waals surface area contributed by atoms with E-state index in [0.29, 0.717) is 28.2 Å². The van der Waals surface area contributed by atoms with Crippen LogP contribution in [0.5, 0.6) is 5.75 Å². The molecule has 0 aliphatic rings. The molecule has 1 N–H and O–H groups in total. The van der Waals surface area contributed by atoms with Crippen molar-refractivity contribution in [2.45, 2.75) is 13.2 Å². The van der Waals surface area contributed by atoms with E-state index in [1.54, 1.807) is 18.3 Å². The highest BCUT2D eigenvalue weighted by molar-refractivity contribution is 6.36. The Kier molecular flexibility index (Phi) is 6.99. The molecule has 3 rings (SSSR count). The highest BCUT2D eigenvalue weighted by Gasteiger charge is 2.04. The molecule has 3 aromatic carbocycles. The third kappa shape index (κ3) is 5.64. The Morgan fingerprint density at radius 1 is 0.815 bits per heavy atom. The Labute approximate surface area is 173 Å². The normalized spacial score (nSPS) is 10.9. The molecule has 0 aromatic heterocycles. The predicted octanol–water partition coefficient (Wildman–Crippen LogP) is 6.35. The zero-order chi connectivity index (χ0) is 19.1. The van der Waals surface area contributed by atoms with E-state index < -0.39 is 0 Å². The van der Waals surface area contributed by atoms with Crippen LogP contribution in [0.15, 0.2) is 71.8 Å². The Morgan fingerprint density at radius 3 is 2.19 bits per heavy atom. The van der Waals surface area contributed by atoms with Gasteiger partial charge in [0.05, 0.1) is 12.8 Å². The molecule has 0 fully saturated rings. The minimum atomic E-state index is 0.424. The first kappa shape index (κ1) is 19.6. The molecule has 0 aliphatic carbocycles. The lowest BCUT2D eigenvalue weighted by atomic mass is 10.2.